The summed E-state index contributed by atoms with van der Waals surface area (Å²) >= 11 is 0. The largest absolute Gasteiger partial charge is 0.340 e. The van der Waals surface area contributed by atoms with Crippen LogP contribution in [-0.2, 0) is 26.0 Å². The van der Waals surface area contributed by atoms with Crippen molar-refractivity contribution in [2.24, 2.45) is 0 Å². The van der Waals surface area contributed by atoms with E-state index in [2.05, 4.69) is 16.9 Å². The van der Waals surface area contributed by atoms with Crippen molar-refractivity contribution in [1.29, 1.82) is 0 Å². The maximum atomic E-state index is 12.9. The zero-order valence-corrected chi connectivity index (χ0v) is 17.3. The first-order valence-corrected chi connectivity index (χ1v) is 11.0. The highest BCUT2D eigenvalue weighted by molar-refractivity contribution is 7.89. The quantitative estimate of drug-likeness (QED) is 0.677. The Kier molecular flexibility index (Phi) is 6.96. The van der Waals surface area contributed by atoms with E-state index in [1.807, 2.05) is 12.1 Å². The molecule has 1 N–H and O–H groups in total. The normalized spacial score (nSPS) is 14.9. The Bertz CT molecular complexity index is 999. The van der Waals surface area contributed by atoms with Crippen LogP contribution in [0.3, 0.4) is 0 Å². The van der Waals surface area contributed by atoms with Gasteiger partial charge in [0, 0.05) is 50.7 Å². The molecule has 1 aromatic heterocycles. The number of nitrogens with zero attached hydrogens (tertiary/aromatic N) is 3. The first kappa shape index (κ1) is 21.7. The smallest absolute Gasteiger partial charge is 0.247 e. The van der Waals surface area contributed by atoms with Gasteiger partial charge in [-0.25, -0.2) is 8.42 Å². The van der Waals surface area contributed by atoms with Gasteiger partial charge in [0.05, 0.1) is 4.90 Å². The second-order valence-corrected chi connectivity index (χ2v) is 8.80. The summed E-state index contributed by atoms with van der Waals surface area (Å²) in [6, 6.07) is 9.75. The fraction of sp³-hybridized carbons (Fsp3) is 0.286. The minimum absolute atomic E-state index is 0.0122. The van der Waals surface area contributed by atoms with Crippen LogP contribution in [0.5, 0.6) is 0 Å². The molecule has 8 nitrogen and oxygen atoms in total. The number of rotatable bonds is 7. The van der Waals surface area contributed by atoms with E-state index in [-0.39, 0.29) is 29.8 Å². The molecule has 0 radical (unpaired) electrons. The molecule has 1 aliphatic rings. The summed E-state index contributed by atoms with van der Waals surface area (Å²) in [6.07, 6.45) is 5.56. The van der Waals surface area contributed by atoms with Crippen LogP contribution < -0.4 is 5.32 Å². The van der Waals surface area contributed by atoms with Gasteiger partial charge in [0.1, 0.15) is 0 Å². The fourth-order valence-corrected chi connectivity index (χ4v) is 4.61. The van der Waals surface area contributed by atoms with E-state index in [0.29, 0.717) is 31.6 Å². The molecule has 0 spiro atoms. The molecule has 0 saturated carbocycles. The summed E-state index contributed by atoms with van der Waals surface area (Å²) in [6.45, 7) is 4.59. The Morgan fingerprint density at radius 3 is 2.40 bits per heavy atom. The number of pyridine rings is 1. The summed E-state index contributed by atoms with van der Waals surface area (Å²) in [5.74, 6) is -0.354. The molecular formula is C21H24N4O4S. The van der Waals surface area contributed by atoms with E-state index in [1.165, 1.54) is 28.6 Å². The van der Waals surface area contributed by atoms with Gasteiger partial charge in [-0.3, -0.25) is 14.6 Å². The zero-order chi connectivity index (χ0) is 21.6. The average molecular weight is 429 g/mol. The van der Waals surface area contributed by atoms with Crippen LogP contribution in [0.15, 0.2) is 66.3 Å². The number of carbonyl (C=O) groups is 2. The number of sulfonamides is 1. The van der Waals surface area contributed by atoms with Crippen molar-refractivity contribution in [1.82, 2.24) is 14.2 Å². The minimum atomic E-state index is -3.66. The van der Waals surface area contributed by atoms with Gasteiger partial charge in [-0.05, 0) is 48.4 Å². The van der Waals surface area contributed by atoms with Crippen LogP contribution in [0.4, 0.5) is 5.69 Å². The molecule has 2 amide bonds. The van der Waals surface area contributed by atoms with Gasteiger partial charge in [0.25, 0.3) is 0 Å². The van der Waals surface area contributed by atoms with Gasteiger partial charge in [0.2, 0.25) is 21.8 Å². The Morgan fingerprint density at radius 2 is 1.80 bits per heavy atom. The second-order valence-electron chi connectivity index (χ2n) is 6.86. The maximum Gasteiger partial charge on any atom is 0.247 e. The molecule has 2 aromatic rings. The standard InChI is InChI=1S/C21H24N4O4S/c1-2-20(26)23-18-6-8-19(9-7-18)30(28,29)25-14-12-24(13-15-25)21(27)10-5-17-4-3-11-22-16-17/h2-4,6-9,11,16H,1,5,10,12-15H2,(H,23,26). The summed E-state index contributed by atoms with van der Waals surface area (Å²) in [5, 5.41) is 2.58. The number of nitrogens with one attached hydrogen (secondary N) is 1. The van der Waals surface area contributed by atoms with Crippen LogP contribution in [0.1, 0.15) is 12.0 Å². The highest BCUT2D eigenvalue weighted by Crippen LogP contribution is 2.20. The third kappa shape index (κ3) is 5.31. The molecule has 1 aromatic carbocycles. The molecule has 158 valence electrons. The summed E-state index contributed by atoms with van der Waals surface area (Å²) in [4.78, 5) is 29.7. The number of amides is 2. The molecule has 30 heavy (non-hydrogen) atoms. The minimum Gasteiger partial charge on any atom is -0.340 e. The van der Waals surface area contributed by atoms with Gasteiger partial charge in [-0.2, -0.15) is 4.31 Å². The van der Waals surface area contributed by atoms with Crippen LogP contribution in [0.2, 0.25) is 0 Å². The summed E-state index contributed by atoms with van der Waals surface area (Å²) in [5.41, 5.74) is 1.49. The lowest BCUT2D eigenvalue weighted by atomic mass is 10.1. The topological polar surface area (TPSA) is 99.7 Å². The van der Waals surface area contributed by atoms with Gasteiger partial charge in [-0.1, -0.05) is 12.6 Å². The van der Waals surface area contributed by atoms with Crippen LogP contribution in [0.25, 0.3) is 0 Å². The number of benzene rings is 1. The number of carbonyl (C=O) groups excluding carboxylic acids is 2. The van der Waals surface area contributed by atoms with Crippen molar-refractivity contribution in [3.05, 3.63) is 67.0 Å². The van der Waals surface area contributed by atoms with Crippen molar-refractivity contribution in [3.8, 4) is 0 Å². The van der Waals surface area contributed by atoms with Gasteiger partial charge in [-0.15, -0.1) is 0 Å². The van der Waals surface area contributed by atoms with Crippen molar-refractivity contribution in [2.45, 2.75) is 17.7 Å². The molecule has 9 heteroatoms. The van der Waals surface area contributed by atoms with E-state index in [0.717, 1.165) is 11.6 Å². The number of hydrogen-bond acceptors (Lipinski definition) is 5. The SMILES string of the molecule is C=CC(=O)Nc1ccc(S(=O)(=O)N2CCN(C(=O)CCc3cccnc3)CC2)cc1. The molecule has 0 bridgehead atoms. The van der Waals surface area contributed by atoms with E-state index < -0.39 is 10.0 Å². The zero-order valence-electron chi connectivity index (χ0n) is 16.5. The number of anilines is 1. The molecular weight excluding hydrogens is 404 g/mol. The van der Waals surface area contributed by atoms with E-state index >= 15 is 0 Å². The monoisotopic (exact) mass is 428 g/mol. The lowest BCUT2D eigenvalue weighted by Gasteiger charge is -2.34. The highest BCUT2D eigenvalue weighted by atomic mass is 32.2. The highest BCUT2D eigenvalue weighted by Gasteiger charge is 2.29. The molecule has 1 fully saturated rings. The average Bonchev–Trinajstić information content (AvgIpc) is 2.78. The number of hydrogen-bond donors (Lipinski definition) is 1. The molecule has 0 unspecified atom stereocenters. The molecule has 3 rings (SSSR count). The van der Waals surface area contributed by atoms with Crippen LogP contribution in [0, 0.1) is 0 Å². The third-order valence-electron chi connectivity index (χ3n) is 4.89. The van der Waals surface area contributed by atoms with Crippen LogP contribution >= 0.6 is 0 Å². The maximum absolute atomic E-state index is 12.9. The summed E-state index contributed by atoms with van der Waals surface area (Å²) < 4.78 is 27.1. The van der Waals surface area contributed by atoms with E-state index in [1.54, 1.807) is 17.3 Å². The third-order valence-corrected chi connectivity index (χ3v) is 6.80. The Morgan fingerprint density at radius 1 is 1.10 bits per heavy atom. The Hall–Kier alpha value is -3.04. The first-order chi connectivity index (χ1) is 14.4. The molecule has 1 aliphatic heterocycles. The number of piperazine rings is 1. The molecule has 1 saturated heterocycles. The van der Waals surface area contributed by atoms with Crippen molar-refractivity contribution in [3.63, 3.8) is 0 Å². The predicted octanol–water partition coefficient (Wildman–Crippen LogP) is 1.67. The fourth-order valence-electron chi connectivity index (χ4n) is 3.19. The van der Waals surface area contributed by atoms with Gasteiger partial charge >= 0.3 is 0 Å². The van der Waals surface area contributed by atoms with E-state index in [4.69, 9.17) is 0 Å². The Labute approximate surface area is 176 Å². The van der Waals surface area contributed by atoms with Crippen molar-refractivity contribution >= 4 is 27.5 Å². The number of aryl methyl sites for hydroxylation is 1. The van der Waals surface area contributed by atoms with Crippen molar-refractivity contribution in [2.75, 3.05) is 31.5 Å². The van der Waals surface area contributed by atoms with Gasteiger partial charge in [0.15, 0.2) is 0 Å². The van der Waals surface area contributed by atoms with Gasteiger partial charge < -0.3 is 10.2 Å². The van der Waals surface area contributed by atoms with Crippen molar-refractivity contribution < 1.29 is 18.0 Å². The van der Waals surface area contributed by atoms with E-state index in [9.17, 15) is 18.0 Å². The lowest BCUT2D eigenvalue weighted by molar-refractivity contribution is -0.132. The predicted molar refractivity (Wildman–Crippen MR) is 113 cm³/mol. The second kappa shape index (κ2) is 9.64. The van der Waals surface area contributed by atoms with Crippen LogP contribution in [-0.4, -0.2) is 60.6 Å². The molecule has 0 atom stereocenters. The summed E-state index contributed by atoms with van der Waals surface area (Å²) in [7, 11) is -3.66. The molecule has 2 heterocycles. The molecule has 0 aliphatic carbocycles. The lowest BCUT2D eigenvalue weighted by Crippen LogP contribution is -2.50. The first-order valence-electron chi connectivity index (χ1n) is 9.60. The number of aromatic nitrogens is 1. The Balaban J connectivity index is 1.55.